The van der Waals surface area contributed by atoms with Crippen molar-refractivity contribution in [3.63, 3.8) is 0 Å². The monoisotopic (exact) mass is 256 g/mol. The van der Waals surface area contributed by atoms with Crippen LogP contribution in [0.4, 0.5) is 5.13 Å². The molecule has 0 saturated heterocycles. The Hall–Kier alpha value is -1.61. The Kier molecular flexibility index (Phi) is 3.15. The molecule has 92 valence electrons. The molecule has 0 amide bonds. The lowest BCUT2D eigenvalue weighted by Gasteiger charge is -2.26. The average molecular weight is 256 g/mol. The van der Waals surface area contributed by atoms with Crippen molar-refractivity contribution in [2.45, 2.75) is 13.3 Å². The zero-order valence-electron chi connectivity index (χ0n) is 10.5. The van der Waals surface area contributed by atoms with Gasteiger partial charge in [-0.05, 0) is 24.5 Å². The van der Waals surface area contributed by atoms with Crippen molar-refractivity contribution < 1.29 is 0 Å². The van der Waals surface area contributed by atoms with Gasteiger partial charge in [-0.1, -0.05) is 36.4 Å². The highest BCUT2D eigenvalue weighted by Gasteiger charge is 2.15. The number of thiazole rings is 1. The summed E-state index contributed by atoms with van der Waals surface area (Å²) in [6.07, 6.45) is 5.38. The van der Waals surface area contributed by atoms with Gasteiger partial charge in [0.05, 0.1) is 0 Å². The number of anilines is 1. The van der Waals surface area contributed by atoms with Crippen molar-refractivity contribution in [1.29, 1.82) is 0 Å². The van der Waals surface area contributed by atoms with Crippen LogP contribution in [0.1, 0.15) is 16.9 Å². The maximum absolute atomic E-state index is 4.45. The van der Waals surface area contributed by atoms with Gasteiger partial charge in [0.1, 0.15) is 0 Å². The Morgan fingerprint density at radius 1 is 1.22 bits per heavy atom. The molecule has 0 N–H and O–H groups in total. The van der Waals surface area contributed by atoms with Gasteiger partial charge in [-0.3, -0.25) is 0 Å². The maximum atomic E-state index is 4.45. The van der Waals surface area contributed by atoms with Crippen molar-refractivity contribution in [1.82, 2.24) is 4.98 Å². The maximum Gasteiger partial charge on any atom is 0.185 e. The van der Waals surface area contributed by atoms with Gasteiger partial charge in [-0.2, -0.15) is 0 Å². The molecule has 0 atom stereocenters. The molecule has 0 aliphatic carbocycles. The van der Waals surface area contributed by atoms with Crippen LogP contribution in [0.25, 0.3) is 5.57 Å². The van der Waals surface area contributed by atoms with E-state index in [0.29, 0.717) is 0 Å². The first-order valence-electron chi connectivity index (χ1n) is 6.25. The molecule has 1 aromatic heterocycles. The number of benzene rings is 1. The van der Waals surface area contributed by atoms with Crippen LogP contribution in [0.3, 0.4) is 0 Å². The van der Waals surface area contributed by atoms with Crippen molar-refractivity contribution in [3.8, 4) is 0 Å². The molecule has 0 unspecified atom stereocenters. The van der Waals surface area contributed by atoms with Gasteiger partial charge in [0, 0.05) is 24.2 Å². The van der Waals surface area contributed by atoms with E-state index in [2.05, 4.69) is 53.2 Å². The number of aromatic nitrogens is 1. The Labute approximate surface area is 112 Å². The van der Waals surface area contributed by atoms with Gasteiger partial charge < -0.3 is 4.90 Å². The second-order valence-corrected chi connectivity index (χ2v) is 5.76. The van der Waals surface area contributed by atoms with E-state index in [1.807, 2.05) is 6.20 Å². The summed E-state index contributed by atoms with van der Waals surface area (Å²) in [5.41, 5.74) is 2.81. The van der Waals surface area contributed by atoms with Gasteiger partial charge in [0.15, 0.2) is 5.13 Å². The zero-order valence-corrected chi connectivity index (χ0v) is 11.3. The minimum Gasteiger partial charge on any atom is -0.344 e. The number of rotatable bonds is 2. The molecule has 2 heterocycles. The van der Waals surface area contributed by atoms with E-state index in [-0.39, 0.29) is 0 Å². The molecule has 1 aliphatic rings. The van der Waals surface area contributed by atoms with Crippen LogP contribution in [-0.4, -0.2) is 18.1 Å². The molecule has 0 saturated carbocycles. The second kappa shape index (κ2) is 4.94. The summed E-state index contributed by atoms with van der Waals surface area (Å²) in [5.74, 6) is 0. The van der Waals surface area contributed by atoms with E-state index in [4.69, 9.17) is 0 Å². The van der Waals surface area contributed by atoms with Crippen LogP contribution in [0.15, 0.2) is 42.6 Å². The number of hydrogen-bond donors (Lipinski definition) is 0. The summed E-state index contributed by atoms with van der Waals surface area (Å²) < 4.78 is 0. The third-order valence-corrected chi connectivity index (χ3v) is 4.21. The van der Waals surface area contributed by atoms with Gasteiger partial charge in [-0.25, -0.2) is 4.98 Å². The third kappa shape index (κ3) is 2.31. The summed E-state index contributed by atoms with van der Waals surface area (Å²) in [6, 6.07) is 10.7. The van der Waals surface area contributed by atoms with Gasteiger partial charge in [0.25, 0.3) is 0 Å². The van der Waals surface area contributed by atoms with Crippen molar-refractivity contribution in [3.05, 3.63) is 53.0 Å². The normalized spacial score (nSPS) is 15.6. The summed E-state index contributed by atoms with van der Waals surface area (Å²) in [4.78, 5) is 8.08. The highest BCUT2D eigenvalue weighted by Crippen LogP contribution is 2.27. The van der Waals surface area contributed by atoms with E-state index in [9.17, 15) is 0 Å². The van der Waals surface area contributed by atoms with E-state index in [1.165, 1.54) is 16.0 Å². The molecule has 2 nitrogen and oxygen atoms in total. The van der Waals surface area contributed by atoms with Gasteiger partial charge >= 0.3 is 0 Å². The minimum absolute atomic E-state index is 0.969. The van der Waals surface area contributed by atoms with E-state index < -0.39 is 0 Å². The Bertz CT molecular complexity index is 557. The molecule has 0 fully saturated rings. The lowest BCUT2D eigenvalue weighted by molar-refractivity contribution is 0.828. The van der Waals surface area contributed by atoms with E-state index in [1.54, 1.807) is 11.3 Å². The fourth-order valence-electron chi connectivity index (χ4n) is 2.25. The van der Waals surface area contributed by atoms with Crippen LogP contribution in [0.2, 0.25) is 0 Å². The van der Waals surface area contributed by atoms with Crippen LogP contribution >= 0.6 is 11.3 Å². The number of nitrogens with zero attached hydrogens (tertiary/aromatic N) is 2. The highest BCUT2D eigenvalue weighted by molar-refractivity contribution is 7.15. The molecule has 3 rings (SSSR count). The van der Waals surface area contributed by atoms with E-state index in [0.717, 1.165) is 24.6 Å². The topological polar surface area (TPSA) is 16.1 Å². The summed E-state index contributed by atoms with van der Waals surface area (Å²) in [5, 5.41) is 1.15. The number of hydrogen-bond acceptors (Lipinski definition) is 3. The van der Waals surface area contributed by atoms with Crippen LogP contribution in [0.5, 0.6) is 0 Å². The molecule has 1 aromatic carbocycles. The molecule has 2 aromatic rings. The molecule has 0 radical (unpaired) electrons. The standard InChI is InChI=1S/C15H16N2S/c1-12-11-16-15(18-12)17-9-7-14(8-10-17)13-5-3-2-4-6-13/h2-7,11H,8-10H2,1H3. The molecular weight excluding hydrogens is 240 g/mol. The molecule has 0 bridgehead atoms. The van der Waals surface area contributed by atoms with Crippen molar-refractivity contribution in [2.24, 2.45) is 0 Å². The molecular formula is C15H16N2S. The highest BCUT2D eigenvalue weighted by atomic mass is 32.1. The summed E-state index contributed by atoms with van der Waals surface area (Å²) in [6.45, 7) is 4.14. The van der Waals surface area contributed by atoms with Crippen LogP contribution in [-0.2, 0) is 0 Å². The number of aryl methyl sites for hydroxylation is 1. The Morgan fingerprint density at radius 3 is 2.67 bits per heavy atom. The first kappa shape index (κ1) is 11.5. The minimum atomic E-state index is 0.969. The van der Waals surface area contributed by atoms with Gasteiger partial charge in [0.2, 0.25) is 0 Å². The third-order valence-electron chi connectivity index (χ3n) is 3.23. The Balaban J connectivity index is 1.75. The molecule has 1 aliphatic heterocycles. The van der Waals surface area contributed by atoms with Gasteiger partial charge in [-0.15, -0.1) is 11.3 Å². The van der Waals surface area contributed by atoms with Crippen LogP contribution < -0.4 is 4.90 Å². The largest absolute Gasteiger partial charge is 0.344 e. The summed E-state index contributed by atoms with van der Waals surface area (Å²) >= 11 is 1.78. The fourth-order valence-corrected chi connectivity index (χ4v) is 3.04. The zero-order chi connectivity index (χ0) is 12.4. The average Bonchev–Trinajstić information content (AvgIpc) is 2.87. The lowest BCUT2D eigenvalue weighted by atomic mass is 10.00. The first-order valence-corrected chi connectivity index (χ1v) is 7.06. The SMILES string of the molecule is Cc1cnc(N2CC=C(c3ccccc3)CC2)s1. The van der Waals surface area contributed by atoms with Crippen LogP contribution in [0, 0.1) is 6.92 Å². The molecule has 3 heteroatoms. The predicted molar refractivity (Wildman–Crippen MR) is 78.1 cm³/mol. The second-order valence-electron chi connectivity index (χ2n) is 4.54. The summed E-state index contributed by atoms with van der Waals surface area (Å²) in [7, 11) is 0. The predicted octanol–water partition coefficient (Wildman–Crippen LogP) is 3.75. The quantitative estimate of drug-likeness (QED) is 0.813. The lowest BCUT2D eigenvalue weighted by Crippen LogP contribution is -2.27. The Morgan fingerprint density at radius 2 is 2.06 bits per heavy atom. The molecule has 18 heavy (non-hydrogen) atoms. The van der Waals surface area contributed by atoms with Crippen molar-refractivity contribution >= 4 is 22.0 Å². The smallest absolute Gasteiger partial charge is 0.185 e. The van der Waals surface area contributed by atoms with Crippen molar-refractivity contribution in [2.75, 3.05) is 18.0 Å². The fraction of sp³-hybridized carbons (Fsp3) is 0.267. The first-order chi connectivity index (χ1) is 8.83. The molecule has 0 spiro atoms. The van der Waals surface area contributed by atoms with E-state index >= 15 is 0 Å².